The molecule has 0 spiro atoms. The molecular weight excluding hydrogens is 230 g/mol. The van der Waals surface area contributed by atoms with Crippen molar-refractivity contribution >= 4 is 11.8 Å². The monoisotopic (exact) mass is 257 g/mol. The van der Waals surface area contributed by atoms with Gasteiger partial charge in [-0.15, -0.1) is 0 Å². The van der Waals surface area contributed by atoms with Gasteiger partial charge in [0.15, 0.2) is 0 Å². The van der Waals surface area contributed by atoms with Crippen molar-refractivity contribution in [2.24, 2.45) is 5.92 Å². The Morgan fingerprint density at radius 2 is 1.83 bits per heavy atom. The standard InChI is InChI=1S/C13H27N3O2/c1-6-14-11(4)7-13(18)16(5)9-12(17)15-8-10(2)3/h10-11,14H,6-9H2,1-5H3,(H,15,17). The van der Waals surface area contributed by atoms with Crippen molar-refractivity contribution in [1.82, 2.24) is 15.5 Å². The SMILES string of the molecule is CCNC(C)CC(=O)N(C)CC(=O)NCC(C)C. The summed E-state index contributed by atoms with van der Waals surface area (Å²) >= 11 is 0. The molecule has 0 aromatic carbocycles. The molecule has 2 N–H and O–H groups in total. The van der Waals surface area contributed by atoms with Crippen LogP contribution in [-0.4, -0.2) is 49.4 Å². The topological polar surface area (TPSA) is 61.4 Å². The molecule has 0 aliphatic heterocycles. The molecule has 2 amide bonds. The largest absolute Gasteiger partial charge is 0.354 e. The second kappa shape index (κ2) is 8.91. The molecular formula is C13H27N3O2. The van der Waals surface area contributed by atoms with Crippen LogP contribution in [-0.2, 0) is 9.59 Å². The Balaban J connectivity index is 3.96. The Kier molecular flexibility index (Phi) is 8.37. The van der Waals surface area contributed by atoms with Gasteiger partial charge in [-0.3, -0.25) is 9.59 Å². The highest BCUT2D eigenvalue weighted by molar-refractivity contribution is 5.84. The maximum atomic E-state index is 11.8. The van der Waals surface area contributed by atoms with E-state index in [2.05, 4.69) is 10.6 Å². The Morgan fingerprint density at radius 1 is 1.22 bits per heavy atom. The van der Waals surface area contributed by atoms with Gasteiger partial charge in [-0.2, -0.15) is 0 Å². The van der Waals surface area contributed by atoms with E-state index in [1.807, 2.05) is 27.7 Å². The second-order valence-electron chi connectivity index (χ2n) is 5.11. The van der Waals surface area contributed by atoms with Crippen LogP contribution in [0.1, 0.15) is 34.1 Å². The fourth-order valence-corrected chi connectivity index (χ4v) is 1.52. The van der Waals surface area contributed by atoms with E-state index in [4.69, 9.17) is 0 Å². The van der Waals surface area contributed by atoms with Crippen LogP contribution >= 0.6 is 0 Å². The summed E-state index contributed by atoms with van der Waals surface area (Å²) in [5.41, 5.74) is 0. The van der Waals surface area contributed by atoms with Crippen molar-refractivity contribution in [3.63, 3.8) is 0 Å². The van der Waals surface area contributed by atoms with Gasteiger partial charge < -0.3 is 15.5 Å². The first kappa shape index (κ1) is 16.9. The number of carbonyl (C=O) groups excluding carboxylic acids is 2. The maximum absolute atomic E-state index is 11.8. The van der Waals surface area contributed by atoms with Crippen LogP contribution in [0.2, 0.25) is 0 Å². The first-order valence-electron chi connectivity index (χ1n) is 6.60. The van der Waals surface area contributed by atoms with Gasteiger partial charge in [0.1, 0.15) is 0 Å². The highest BCUT2D eigenvalue weighted by Gasteiger charge is 2.15. The van der Waals surface area contributed by atoms with Crippen molar-refractivity contribution in [3.05, 3.63) is 0 Å². The maximum Gasteiger partial charge on any atom is 0.239 e. The first-order chi connectivity index (χ1) is 8.36. The Bertz CT molecular complexity index is 267. The summed E-state index contributed by atoms with van der Waals surface area (Å²) in [4.78, 5) is 24.8. The van der Waals surface area contributed by atoms with Gasteiger partial charge in [0.25, 0.3) is 0 Å². The third-order valence-corrected chi connectivity index (χ3v) is 2.55. The first-order valence-corrected chi connectivity index (χ1v) is 6.60. The van der Waals surface area contributed by atoms with Gasteiger partial charge in [-0.05, 0) is 19.4 Å². The van der Waals surface area contributed by atoms with Crippen LogP contribution in [0.15, 0.2) is 0 Å². The minimum atomic E-state index is -0.101. The minimum Gasteiger partial charge on any atom is -0.354 e. The smallest absolute Gasteiger partial charge is 0.239 e. The predicted molar refractivity (Wildman–Crippen MR) is 73.2 cm³/mol. The molecule has 0 aromatic heterocycles. The van der Waals surface area contributed by atoms with Crippen molar-refractivity contribution in [2.45, 2.75) is 40.2 Å². The van der Waals surface area contributed by atoms with Crippen molar-refractivity contribution in [3.8, 4) is 0 Å². The molecule has 0 saturated heterocycles. The molecule has 0 fully saturated rings. The number of nitrogens with one attached hydrogen (secondary N) is 2. The van der Waals surface area contributed by atoms with Gasteiger partial charge in [0.05, 0.1) is 6.54 Å². The molecule has 0 aromatic rings. The zero-order valence-corrected chi connectivity index (χ0v) is 12.2. The molecule has 5 nitrogen and oxygen atoms in total. The van der Waals surface area contributed by atoms with E-state index in [0.717, 1.165) is 6.54 Å². The zero-order valence-electron chi connectivity index (χ0n) is 12.2. The van der Waals surface area contributed by atoms with E-state index in [0.29, 0.717) is 18.9 Å². The molecule has 5 heteroatoms. The van der Waals surface area contributed by atoms with Crippen LogP contribution < -0.4 is 10.6 Å². The van der Waals surface area contributed by atoms with Crippen LogP contribution in [0.25, 0.3) is 0 Å². The molecule has 106 valence electrons. The van der Waals surface area contributed by atoms with Crippen LogP contribution in [0.5, 0.6) is 0 Å². The molecule has 0 aliphatic carbocycles. The number of nitrogens with zero attached hydrogens (tertiary/aromatic N) is 1. The lowest BCUT2D eigenvalue weighted by Crippen LogP contribution is -2.41. The molecule has 0 bridgehead atoms. The fourth-order valence-electron chi connectivity index (χ4n) is 1.52. The number of likely N-dealkylation sites (N-methyl/N-ethyl adjacent to an activating group) is 1. The fraction of sp³-hybridized carbons (Fsp3) is 0.846. The molecule has 18 heavy (non-hydrogen) atoms. The van der Waals surface area contributed by atoms with E-state index >= 15 is 0 Å². The molecule has 0 radical (unpaired) electrons. The Hall–Kier alpha value is -1.10. The zero-order chi connectivity index (χ0) is 14.1. The van der Waals surface area contributed by atoms with Crippen molar-refractivity contribution in [1.29, 1.82) is 0 Å². The van der Waals surface area contributed by atoms with E-state index < -0.39 is 0 Å². The number of hydrogen-bond donors (Lipinski definition) is 2. The summed E-state index contributed by atoms with van der Waals surface area (Å²) in [5, 5.41) is 5.97. The quantitative estimate of drug-likeness (QED) is 0.669. The van der Waals surface area contributed by atoms with Gasteiger partial charge in [-0.25, -0.2) is 0 Å². The van der Waals surface area contributed by atoms with E-state index in [-0.39, 0.29) is 24.4 Å². The van der Waals surface area contributed by atoms with Crippen LogP contribution in [0.3, 0.4) is 0 Å². The van der Waals surface area contributed by atoms with E-state index in [1.165, 1.54) is 4.90 Å². The summed E-state index contributed by atoms with van der Waals surface area (Å²) in [5.74, 6) is 0.308. The lowest BCUT2D eigenvalue weighted by atomic mass is 10.2. The molecule has 0 heterocycles. The van der Waals surface area contributed by atoms with Crippen molar-refractivity contribution in [2.75, 3.05) is 26.7 Å². The molecule has 1 unspecified atom stereocenters. The lowest BCUT2D eigenvalue weighted by Gasteiger charge is -2.20. The predicted octanol–water partition coefficient (Wildman–Crippen LogP) is 0.605. The van der Waals surface area contributed by atoms with Crippen LogP contribution in [0, 0.1) is 5.92 Å². The number of carbonyl (C=O) groups is 2. The Labute approximate surface area is 110 Å². The average Bonchev–Trinajstić information content (AvgIpc) is 2.26. The summed E-state index contributed by atoms with van der Waals surface area (Å²) in [6, 6.07) is 0.142. The minimum absolute atomic E-state index is 0.0110. The molecule has 0 rings (SSSR count). The van der Waals surface area contributed by atoms with Gasteiger partial charge >= 0.3 is 0 Å². The lowest BCUT2D eigenvalue weighted by molar-refractivity contribution is -0.135. The summed E-state index contributed by atoms with van der Waals surface area (Å²) in [6.07, 6.45) is 0.418. The highest BCUT2D eigenvalue weighted by Crippen LogP contribution is 1.96. The molecule has 0 saturated carbocycles. The Morgan fingerprint density at radius 3 is 2.33 bits per heavy atom. The third-order valence-electron chi connectivity index (χ3n) is 2.55. The summed E-state index contributed by atoms with van der Waals surface area (Å²) in [7, 11) is 1.66. The van der Waals surface area contributed by atoms with Crippen LogP contribution in [0.4, 0.5) is 0 Å². The molecule has 0 aliphatic rings. The normalized spacial score (nSPS) is 12.3. The second-order valence-corrected chi connectivity index (χ2v) is 5.11. The number of hydrogen-bond acceptors (Lipinski definition) is 3. The third kappa shape index (κ3) is 8.06. The highest BCUT2D eigenvalue weighted by atomic mass is 16.2. The molecule has 1 atom stereocenters. The van der Waals surface area contributed by atoms with Gasteiger partial charge in [0, 0.05) is 26.1 Å². The van der Waals surface area contributed by atoms with E-state index in [9.17, 15) is 9.59 Å². The van der Waals surface area contributed by atoms with Gasteiger partial charge in [0.2, 0.25) is 11.8 Å². The van der Waals surface area contributed by atoms with E-state index in [1.54, 1.807) is 7.05 Å². The number of amides is 2. The summed E-state index contributed by atoms with van der Waals surface area (Å²) < 4.78 is 0. The van der Waals surface area contributed by atoms with Crippen molar-refractivity contribution < 1.29 is 9.59 Å². The van der Waals surface area contributed by atoms with Gasteiger partial charge in [-0.1, -0.05) is 20.8 Å². The number of rotatable bonds is 8. The summed E-state index contributed by atoms with van der Waals surface area (Å²) in [6.45, 7) is 9.66. The average molecular weight is 257 g/mol.